The van der Waals surface area contributed by atoms with Crippen molar-refractivity contribution in [3.8, 4) is 0 Å². The quantitative estimate of drug-likeness (QED) is 0.853. The van der Waals surface area contributed by atoms with Crippen molar-refractivity contribution in [2.24, 2.45) is 0 Å². The lowest BCUT2D eigenvalue weighted by molar-refractivity contribution is -0.147. The summed E-state index contributed by atoms with van der Waals surface area (Å²) in [6.07, 6.45) is 2.88. The summed E-state index contributed by atoms with van der Waals surface area (Å²) in [5.41, 5.74) is 0.615. The number of benzene rings is 1. The molecule has 1 aliphatic heterocycles. The van der Waals surface area contributed by atoms with Gasteiger partial charge in [-0.3, -0.25) is 4.79 Å². The molecule has 1 aromatic carbocycles. The number of carboxylic acids is 1. The van der Waals surface area contributed by atoms with Crippen molar-refractivity contribution in [3.63, 3.8) is 0 Å². The molecule has 21 heavy (non-hydrogen) atoms. The van der Waals surface area contributed by atoms with Gasteiger partial charge >= 0.3 is 5.97 Å². The van der Waals surface area contributed by atoms with E-state index in [1.165, 1.54) is 22.7 Å². The third-order valence-electron chi connectivity index (χ3n) is 3.15. The molecule has 1 N–H and O–H groups in total. The maximum Gasteiger partial charge on any atom is 0.327 e. The Bertz CT molecular complexity index is 606. The fourth-order valence-corrected chi connectivity index (χ4v) is 3.61. The lowest BCUT2D eigenvalue weighted by atomic mass is 10.2. The van der Waals surface area contributed by atoms with Crippen molar-refractivity contribution in [1.29, 1.82) is 0 Å². The fraction of sp³-hybridized carbons (Fsp3) is 0.286. The Kier molecular flexibility index (Phi) is 5.19. The molecule has 2 atom stereocenters. The van der Waals surface area contributed by atoms with Crippen molar-refractivity contribution in [3.05, 3.63) is 39.9 Å². The summed E-state index contributed by atoms with van der Waals surface area (Å²) in [4.78, 5) is 24.8. The molecule has 0 bridgehead atoms. The molecule has 112 valence electrons. The van der Waals surface area contributed by atoms with Crippen LogP contribution in [-0.2, 0) is 9.59 Å². The molecular formula is C14H13Cl2NO3S. The molecule has 1 fully saturated rings. The van der Waals surface area contributed by atoms with Crippen LogP contribution in [0.3, 0.4) is 0 Å². The number of hydrogen-bond acceptors (Lipinski definition) is 3. The van der Waals surface area contributed by atoms with Gasteiger partial charge in [0.1, 0.15) is 6.04 Å². The Labute approximate surface area is 136 Å². The van der Waals surface area contributed by atoms with Crippen molar-refractivity contribution in [2.45, 2.75) is 18.3 Å². The Hall–Kier alpha value is -1.17. The molecule has 0 aromatic heterocycles. The van der Waals surface area contributed by atoms with Crippen molar-refractivity contribution in [2.75, 3.05) is 5.75 Å². The highest BCUT2D eigenvalue weighted by Crippen LogP contribution is 2.30. The largest absolute Gasteiger partial charge is 0.480 e. The number of aliphatic carboxylic acids is 1. The van der Waals surface area contributed by atoms with Gasteiger partial charge in [0.25, 0.3) is 0 Å². The first-order chi connectivity index (χ1) is 9.91. The minimum absolute atomic E-state index is 0.168. The number of carboxylic acid groups (broad SMARTS) is 1. The van der Waals surface area contributed by atoms with E-state index in [2.05, 4.69) is 0 Å². The Morgan fingerprint density at radius 3 is 2.81 bits per heavy atom. The molecule has 1 amide bonds. The van der Waals surface area contributed by atoms with Crippen molar-refractivity contribution < 1.29 is 14.7 Å². The first-order valence-electron chi connectivity index (χ1n) is 6.20. The molecule has 4 nitrogen and oxygen atoms in total. The van der Waals surface area contributed by atoms with E-state index in [1.54, 1.807) is 24.3 Å². The van der Waals surface area contributed by atoms with Gasteiger partial charge in [0.2, 0.25) is 5.91 Å². The normalized spacial score (nSPS) is 22.0. The van der Waals surface area contributed by atoms with E-state index in [4.69, 9.17) is 28.3 Å². The molecule has 2 rings (SSSR count). The molecule has 1 aliphatic rings. The average Bonchev–Trinajstić information content (AvgIpc) is 2.82. The van der Waals surface area contributed by atoms with Crippen LogP contribution in [0, 0.1) is 0 Å². The number of amides is 1. The fourth-order valence-electron chi connectivity index (χ4n) is 2.06. The summed E-state index contributed by atoms with van der Waals surface area (Å²) in [5, 5.41) is 9.74. The van der Waals surface area contributed by atoms with Crippen LogP contribution in [0.15, 0.2) is 24.3 Å². The van der Waals surface area contributed by atoms with Gasteiger partial charge in [-0.1, -0.05) is 35.3 Å². The number of hydrogen-bond donors (Lipinski definition) is 1. The zero-order valence-electron chi connectivity index (χ0n) is 11.1. The van der Waals surface area contributed by atoms with Gasteiger partial charge in [-0.2, -0.15) is 0 Å². The van der Waals surface area contributed by atoms with Gasteiger partial charge in [-0.05, 0) is 24.6 Å². The Morgan fingerprint density at radius 1 is 1.43 bits per heavy atom. The molecule has 1 heterocycles. The smallest absolute Gasteiger partial charge is 0.327 e. The highest BCUT2D eigenvalue weighted by molar-refractivity contribution is 8.00. The van der Waals surface area contributed by atoms with Gasteiger partial charge in [-0.25, -0.2) is 4.79 Å². The first-order valence-corrected chi connectivity index (χ1v) is 8.01. The highest BCUT2D eigenvalue weighted by Gasteiger charge is 2.38. The van der Waals surface area contributed by atoms with Gasteiger partial charge in [0.05, 0.1) is 15.4 Å². The second-order valence-corrected chi connectivity index (χ2v) is 6.64. The summed E-state index contributed by atoms with van der Waals surface area (Å²) in [6, 6.07) is 4.32. The van der Waals surface area contributed by atoms with E-state index in [0.717, 1.165) is 0 Å². The van der Waals surface area contributed by atoms with Gasteiger partial charge in [0, 0.05) is 11.8 Å². The number of thioether (sulfide) groups is 1. The van der Waals surface area contributed by atoms with Gasteiger partial charge < -0.3 is 10.0 Å². The molecule has 0 saturated carbocycles. The molecule has 0 aliphatic carbocycles. The summed E-state index contributed by atoms with van der Waals surface area (Å²) in [5.74, 6) is -0.945. The maximum absolute atomic E-state index is 12.2. The minimum atomic E-state index is -0.991. The predicted molar refractivity (Wildman–Crippen MR) is 85.7 cm³/mol. The summed E-state index contributed by atoms with van der Waals surface area (Å²) in [7, 11) is 0. The minimum Gasteiger partial charge on any atom is -0.480 e. The molecule has 0 radical (unpaired) electrons. The number of nitrogens with zero attached hydrogens (tertiary/aromatic N) is 1. The third kappa shape index (κ3) is 3.54. The lowest BCUT2D eigenvalue weighted by Gasteiger charge is -2.23. The van der Waals surface area contributed by atoms with E-state index in [1.807, 2.05) is 6.92 Å². The average molecular weight is 346 g/mol. The van der Waals surface area contributed by atoms with Crippen LogP contribution in [0.25, 0.3) is 6.08 Å². The van der Waals surface area contributed by atoms with Crippen LogP contribution in [0.1, 0.15) is 12.5 Å². The zero-order valence-corrected chi connectivity index (χ0v) is 13.5. The van der Waals surface area contributed by atoms with Crippen molar-refractivity contribution in [1.82, 2.24) is 4.90 Å². The third-order valence-corrected chi connectivity index (χ3v) is 5.20. The second-order valence-electron chi connectivity index (χ2n) is 4.51. The Morgan fingerprint density at radius 2 is 2.14 bits per heavy atom. The maximum atomic E-state index is 12.2. The van der Waals surface area contributed by atoms with E-state index in [9.17, 15) is 9.59 Å². The Balaban J connectivity index is 2.18. The van der Waals surface area contributed by atoms with Crippen LogP contribution in [0.5, 0.6) is 0 Å². The van der Waals surface area contributed by atoms with Gasteiger partial charge in [-0.15, -0.1) is 11.8 Å². The van der Waals surface area contributed by atoms with Crippen LogP contribution in [-0.4, -0.2) is 39.1 Å². The van der Waals surface area contributed by atoms with E-state index in [0.29, 0.717) is 21.4 Å². The monoisotopic (exact) mass is 345 g/mol. The van der Waals surface area contributed by atoms with E-state index in [-0.39, 0.29) is 11.3 Å². The topological polar surface area (TPSA) is 57.6 Å². The van der Waals surface area contributed by atoms with Crippen LogP contribution in [0.4, 0.5) is 0 Å². The molecule has 2 unspecified atom stereocenters. The van der Waals surface area contributed by atoms with Crippen LogP contribution in [0.2, 0.25) is 10.0 Å². The summed E-state index contributed by atoms with van der Waals surface area (Å²) < 4.78 is 0. The number of carbonyl (C=O) groups is 2. The zero-order chi connectivity index (χ0) is 15.6. The van der Waals surface area contributed by atoms with Crippen molar-refractivity contribution >= 4 is 52.9 Å². The molecular weight excluding hydrogens is 333 g/mol. The standard InChI is InChI=1S/C14H13Cl2NO3S/c1-8-17(11(7-21-8)14(19)20)12(18)6-5-9-3-2-4-10(15)13(9)16/h2-6,8,11H,7H2,1H3,(H,19,20). The molecule has 1 aromatic rings. The molecule has 1 saturated heterocycles. The second kappa shape index (κ2) is 6.73. The summed E-state index contributed by atoms with van der Waals surface area (Å²) >= 11 is 13.4. The van der Waals surface area contributed by atoms with E-state index >= 15 is 0 Å². The van der Waals surface area contributed by atoms with Crippen LogP contribution < -0.4 is 0 Å². The van der Waals surface area contributed by atoms with Crippen LogP contribution >= 0.6 is 35.0 Å². The molecule has 0 spiro atoms. The lowest BCUT2D eigenvalue weighted by Crippen LogP contribution is -2.43. The summed E-state index contributed by atoms with van der Waals surface area (Å²) in [6.45, 7) is 1.81. The number of carbonyl (C=O) groups excluding carboxylic acids is 1. The van der Waals surface area contributed by atoms with Gasteiger partial charge in [0.15, 0.2) is 0 Å². The molecule has 7 heteroatoms. The first kappa shape index (κ1) is 16.2. The van der Waals surface area contributed by atoms with E-state index < -0.39 is 12.0 Å². The highest BCUT2D eigenvalue weighted by atomic mass is 35.5. The number of rotatable bonds is 3. The number of halogens is 2. The predicted octanol–water partition coefficient (Wildman–Crippen LogP) is 3.38. The SMILES string of the molecule is CC1SCC(C(=O)O)N1C(=O)C=Cc1cccc(Cl)c1Cl.